The summed E-state index contributed by atoms with van der Waals surface area (Å²) >= 11 is 1.07. The fourth-order valence-corrected chi connectivity index (χ4v) is 2.30. The molecule has 0 amide bonds. The van der Waals surface area contributed by atoms with Crippen molar-refractivity contribution in [1.29, 1.82) is 0 Å². The summed E-state index contributed by atoms with van der Waals surface area (Å²) in [5.41, 5.74) is 0.0114. The van der Waals surface area contributed by atoms with E-state index in [0.29, 0.717) is 15.7 Å². The fourth-order valence-electron chi connectivity index (χ4n) is 1.44. The third-order valence-corrected chi connectivity index (χ3v) is 3.26. The minimum absolute atomic E-state index is 0.0409. The maximum atomic E-state index is 11.6. The van der Waals surface area contributed by atoms with Crippen LogP contribution in [0.3, 0.4) is 0 Å². The van der Waals surface area contributed by atoms with Crippen LogP contribution in [0.25, 0.3) is 0 Å². The monoisotopic (exact) mass is 296 g/mol. The highest BCUT2D eigenvalue weighted by molar-refractivity contribution is 7.17. The fraction of sp³-hybridized carbons (Fsp3) is 0.273. The molecule has 0 saturated heterocycles. The van der Waals surface area contributed by atoms with Gasteiger partial charge >= 0.3 is 5.97 Å². The van der Waals surface area contributed by atoms with Crippen LogP contribution < -0.4 is 10.9 Å². The van der Waals surface area contributed by atoms with Gasteiger partial charge < -0.3 is 15.2 Å². The molecule has 0 radical (unpaired) electrons. The standard InChI is InChI=1S/C11H12N4O4S/c1-3-19-9(18)8-5(2)12-11(20-8)15-10-13-6(16)4-7(17)14-10/h4H,3H2,1-2H3,(H3,12,13,14,15,16,17). The Labute approximate surface area is 117 Å². The first-order valence-electron chi connectivity index (χ1n) is 5.71. The van der Waals surface area contributed by atoms with Crippen molar-refractivity contribution in [3.05, 3.63) is 27.0 Å². The second kappa shape index (κ2) is 5.70. The predicted molar refractivity (Wildman–Crippen MR) is 72.6 cm³/mol. The van der Waals surface area contributed by atoms with E-state index in [1.54, 1.807) is 13.8 Å². The summed E-state index contributed by atoms with van der Waals surface area (Å²) in [6, 6.07) is 0.947. The van der Waals surface area contributed by atoms with Gasteiger partial charge in [0, 0.05) is 0 Å². The molecule has 2 aromatic rings. The number of ether oxygens (including phenoxy) is 1. The number of anilines is 2. The zero-order valence-electron chi connectivity index (χ0n) is 10.8. The molecule has 0 atom stereocenters. The first kappa shape index (κ1) is 14.0. The molecule has 2 heterocycles. The van der Waals surface area contributed by atoms with Crippen molar-refractivity contribution in [2.45, 2.75) is 13.8 Å². The highest BCUT2D eigenvalue weighted by Crippen LogP contribution is 2.25. The molecule has 0 aromatic carbocycles. The average Bonchev–Trinajstić information content (AvgIpc) is 2.69. The number of carbonyl (C=O) groups excluding carboxylic acids is 1. The number of rotatable bonds is 4. The molecule has 0 aliphatic heterocycles. The van der Waals surface area contributed by atoms with Crippen LogP contribution in [0.15, 0.2) is 10.9 Å². The van der Waals surface area contributed by atoms with Crippen molar-refractivity contribution < 1.29 is 14.6 Å². The topological polar surface area (TPSA) is 117 Å². The van der Waals surface area contributed by atoms with Gasteiger partial charge in [-0.1, -0.05) is 11.3 Å². The van der Waals surface area contributed by atoms with E-state index in [1.165, 1.54) is 0 Å². The average molecular weight is 296 g/mol. The molecule has 0 saturated carbocycles. The second-order valence-corrected chi connectivity index (χ2v) is 4.73. The van der Waals surface area contributed by atoms with E-state index in [0.717, 1.165) is 17.4 Å². The minimum atomic E-state index is -0.501. The van der Waals surface area contributed by atoms with Gasteiger partial charge in [0.25, 0.3) is 5.56 Å². The van der Waals surface area contributed by atoms with Gasteiger partial charge in [-0.3, -0.25) is 9.78 Å². The Morgan fingerprint density at radius 2 is 2.30 bits per heavy atom. The van der Waals surface area contributed by atoms with Crippen molar-refractivity contribution in [2.24, 2.45) is 0 Å². The van der Waals surface area contributed by atoms with Gasteiger partial charge in [-0.15, -0.1) is 0 Å². The van der Waals surface area contributed by atoms with Crippen molar-refractivity contribution >= 4 is 28.4 Å². The molecule has 0 aliphatic rings. The van der Waals surface area contributed by atoms with Gasteiger partial charge in [0.05, 0.1) is 18.4 Å². The smallest absolute Gasteiger partial charge is 0.350 e. The third kappa shape index (κ3) is 3.12. The molecule has 20 heavy (non-hydrogen) atoms. The quantitative estimate of drug-likeness (QED) is 0.725. The molecule has 106 valence electrons. The van der Waals surface area contributed by atoms with Crippen LogP contribution in [0, 0.1) is 6.92 Å². The van der Waals surface area contributed by atoms with Gasteiger partial charge in [-0.25, -0.2) is 9.78 Å². The normalized spacial score (nSPS) is 10.3. The molecule has 9 heteroatoms. The first-order valence-corrected chi connectivity index (χ1v) is 6.53. The Morgan fingerprint density at radius 1 is 1.55 bits per heavy atom. The lowest BCUT2D eigenvalue weighted by Crippen LogP contribution is -2.08. The van der Waals surface area contributed by atoms with Gasteiger partial charge in [0.1, 0.15) is 4.88 Å². The zero-order valence-corrected chi connectivity index (χ0v) is 11.6. The van der Waals surface area contributed by atoms with Crippen molar-refractivity contribution in [2.75, 3.05) is 11.9 Å². The van der Waals surface area contributed by atoms with Crippen LogP contribution in [-0.2, 0) is 4.74 Å². The molecule has 0 spiro atoms. The number of aromatic amines is 1. The number of thiazole rings is 1. The summed E-state index contributed by atoms with van der Waals surface area (Å²) in [5, 5.41) is 12.3. The molecule has 0 fully saturated rings. The third-order valence-electron chi connectivity index (χ3n) is 2.21. The Balaban J connectivity index is 2.24. The number of aromatic hydroxyl groups is 1. The molecular formula is C11H12N4O4S. The lowest BCUT2D eigenvalue weighted by Gasteiger charge is -2.00. The van der Waals surface area contributed by atoms with Crippen LogP contribution in [0.2, 0.25) is 0 Å². The number of hydrogen-bond donors (Lipinski definition) is 3. The highest BCUT2D eigenvalue weighted by Gasteiger charge is 2.16. The number of esters is 1. The maximum absolute atomic E-state index is 11.6. The number of H-pyrrole nitrogens is 1. The van der Waals surface area contributed by atoms with Crippen LogP contribution in [0.5, 0.6) is 5.88 Å². The molecule has 0 unspecified atom stereocenters. The van der Waals surface area contributed by atoms with E-state index in [1.807, 2.05) is 0 Å². The first-order chi connectivity index (χ1) is 9.49. The summed E-state index contributed by atoms with van der Waals surface area (Å²) in [6.45, 7) is 3.67. The maximum Gasteiger partial charge on any atom is 0.350 e. The lowest BCUT2D eigenvalue weighted by molar-refractivity contribution is 0.0531. The van der Waals surface area contributed by atoms with E-state index in [2.05, 4.69) is 20.3 Å². The van der Waals surface area contributed by atoms with Crippen LogP contribution in [0.1, 0.15) is 22.3 Å². The molecule has 2 rings (SSSR count). The molecule has 3 N–H and O–H groups in total. The number of aryl methyl sites for hydroxylation is 1. The highest BCUT2D eigenvalue weighted by atomic mass is 32.1. The van der Waals surface area contributed by atoms with E-state index in [-0.39, 0.29) is 12.6 Å². The van der Waals surface area contributed by atoms with Crippen molar-refractivity contribution in [3.8, 4) is 5.88 Å². The van der Waals surface area contributed by atoms with Crippen molar-refractivity contribution in [3.63, 3.8) is 0 Å². The lowest BCUT2D eigenvalue weighted by atomic mass is 10.4. The largest absolute Gasteiger partial charge is 0.493 e. The predicted octanol–water partition coefficient (Wildman–Crippen LogP) is 1.16. The molecule has 8 nitrogen and oxygen atoms in total. The van der Waals surface area contributed by atoms with Crippen LogP contribution in [-0.4, -0.2) is 32.6 Å². The SMILES string of the molecule is CCOC(=O)c1sc(Nc2nc(O)cc(=O)[nH]2)nc1C. The summed E-state index contributed by atoms with van der Waals surface area (Å²) in [5.74, 6) is -0.817. The van der Waals surface area contributed by atoms with Gasteiger partial charge in [-0.2, -0.15) is 4.98 Å². The summed E-state index contributed by atoms with van der Waals surface area (Å²) in [6.07, 6.45) is 0. The molecule has 0 aliphatic carbocycles. The Bertz CT molecular complexity index is 694. The van der Waals surface area contributed by atoms with Crippen molar-refractivity contribution in [1.82, 2.24) is 15.0 Å². The Hall–Kier alpha value is -2.42. The van der Waals surface area contributed by atoms with E-state index in [4.69, 9.17) is 4.74 Å². The number of aromatic nitrogens is 3. The minimum Gasteiger partial charge on any atom is -0.493 e. The van der Waals surface area contributed by atoms with E-state index >= 15 is 0 Å². The van der Waals surface area contributed by atoms with E-state index < -0.39 is 17.4 Å². The second-order valence-electron chi connectivity index (χ2n) is 3.73. The van der Waals surface area contributed by atoms with Gasteiger partial charge in [0.2, 0.25) is 11.8 Å². The van der Waals surface area contributed by atoms with Gasteiger partial charge in [0.15, 0.2) is 5.13 Å². The number of nitrogens with one attached hydrogen (secondary N) is 2. The van der Waals surface area contributed by atoms with Gasteiger partial charge in [-0.05, 0) is 13.8 Å². The van der Waals surface area contributed by atoms with E-state index in [9.17, 15) is 14.7 Å². The molecular weight excluding hydrogens is 284 g/mol. The number of hydrogen-bond acceptors (Lipinski definition) is 8. The Kier molecular flexibility index (Phi) is 3.99. The molecule has 2 aromatic heterocycles. The number of carbonyl (C=O) groups is 1. The summed E-state index contributed by atoms with van der Waals surface area (Å²) in [4.78, 5) is 33.4. The van der Waals surface area contributed by atoms with Crippen LogP contribution >= 0.6 is 11.3 Å². The van der Waals surface area contributed by atoms with Crippen LogP contribution in [0.4, 0.5) is 11.1 Å². The summed E-state index contributed by atoms with van der Waals surface area (Å²) in [7, 11) is 0. The zero-order chi connectivity index (χ0) is 14.7. The summed E-state index contributed by atoms with van der Waals surface area (Å²) < 4.78 is 4.90. The number of nitrogens with zero attached hydrogens (tertiary/aromatic N) is 2. The Morgan fingerprint density at radius 3 is 2.95 bits per heavy atom. The molecule has 0 bridgehead atoms.